The van der Waals surface area contributed by atoms with Gasteiger partial charge < -0.3 is 43.2 Å². The number of rotatable bonds is 18. The molecule has 222 valence electrons. The highest BCUT2D eigenvalue weighted by Crippen LogP contribution is 2.25. The standard InChI is InChI=1S/C23H38N4O12/c1-15(28)26-21-19(35-12-11-34-10-9-33-8-7-32-6-5-25-27-24)13-37-20(14-36-16(2)29)22(38-17(3)30)23(21)39-18(4)31/h19-23H,5-14H2,1-4H3,(H,26,28)/t19-,20+,21+,22-,23+/m0/s1. The molecule has 1 amide bonds. The largest absolute Gasteiger partial charge is 0.463 e. The Morgan fingerprint density at radius 1 is 0.846 bits per heavy atom. The zero-order valence-corrected chi connectivity index (χ0v) is 22.7. The Kier molecular flexibility index (Phi) is 17.4. The number of esters is 3. The summed E-state index contributed by atoms with van der Waals surface area (Å²) in [6, 6.07) is -0.958. The minimum absolute atomic E-state index is 0.0896. The zero-order chi connectivity index (χ0) is 29.0. The summed E-state index contributed by atoms with van der Waals surface area (Å²) in [5.74, 6) is -2.41. The lowest BCUT2D eigenvalue weighted by Crippen LogP contribution is -2.58. The molecule has 16 heteroatoms. The molecule has 0 saturated carbocycles. The molecule has 1 rings (SSSR count). The van der Waals surface area contributed by atoms with Crippen molar-refractivity contribution in [2.75, 3.05) is 66.0 Å². The van der Waals surface area contributed by atoms with Crippen molar-refractivity contribution >= 4 is 23.8 Å². The first-order valence-electron chi connectivity index (χ1n) is 12.4. The van der Waals surface area contributed by atoms with E-state index < -0.39 is 54.3 Å². The molecule has 39 heavy (non-hydrogen) atoms. The molecule has 5 atom stereocenters. The van der Waals surface area contributed by atoms with Crippen LogP contribution in [-0.4, -0.2) is 120 Å². The highest BCUT2D eigenvalue weighted by atomic mass is 16.6. The van der Waals surface area contributed by atoms with Crippen LogP contribution >= 0.6 is 0 Å². The molecular weight excluding hydrogens is 524 g/mol. The summed E-state index contributed by atoms with van der Waals surface area (Å²) in [4.78, 5) is 49.9. The Balaban J connectivity index is 2.72. The molecular formula is C23H38N4O12. The van der Waals surface area contributed by atoms with Gasteiger partial charge in [-0.25, -0.2) is 0 Å². The Hall–Kier alpha value is -3.01. The molecule has 0 aromatic carbocycles. The van der Waals surface area contributed by atoms with Gasteiger partial charge in [0.1, 0.15) is 18.8 Å². The monoisotopic (exact) mass is 562 g/mol. The lowest BCUT2D eigenvalue weighted by Gasteiger charge is -2.34. The average Bonchev–Trinajstić information content (AvgIpc) is 2.97. The van der Waals surface area contributed by atoms with Crippen LogP contribution in [0.5, 0.6) is 0 Å². The van der Waals surface area contributed by atoms with E-state index in [4.69, 9.17) is 43.4 Å². The maximum atomic E-state index is 12.0. The van der Waals surface area contributed by atoms with Gasteiger partial charge in [-0.1, -0.05) is 5.11 Å². The van der Waals surface area contributed by atoms with Gasteiger partial charge >= 0.3 is 17.9 Å². The van der Waals surface area contributed by atoms with E-state index in [1.165, 1.54) is 27.7 Å². The van der Waals surface area contributed by atoms with Crippen molar-refractivity contribution in [2.45, 2.75) is 58.2 Å². The zero-order valence-electron chi connectivity index (χ0n) is 22.7. The molecule has 1 heterocycles. The van der Waals surface area contributed by atoms with Crippen molar-refractivity contribution < 1.29 is 57.1 Å². The number of ether oxygens (including phenoxy) is 8. The maximum absolute atomic E-state index is 12.0. The predicted molar refractivity (Wildman–Crippen MR) is 131 cm³/mol. The van der Waals surface area contributed by atoms with E-state index in [1.807, 2.05) is 0 Å². The quantitative estimate of drug-likeness (QED) is 0.0588. The number of carbonyl (C=O) groups excluding carboxylic acids is 4. The van der Waals surface area contributed by atoms with E-state index in [1.54, 1.807) is 0 Å². The van der Waals surface area contributed by atoms with E-state index in [2.05, 4.69) is 15.3 Å². The van der Waals surface area contributed by atoms with E-state index in [0.717, 1.165) is 0 Å². The van der Waals surface area contributed by atoms with Crippen LogP contribution in [0, 0.1) is 0 Å². The van der Waals surface area contributed by atoms with Gasteiger partial charge in [0.2, 0.25) is 5.91 Å². The van der Waals surface area contributed by atoms with E-state index in [0.29, 0.717) is 26.4 Å². The molecule has 0 bridgehead atoms. The van der Waals surface area contributed by atoms with Gasteiger partial charge in [0.25, 0.3) is 0 Å². The second-order valence-corrected chi connectivity index (χ2v) is 8.25. The Labute approximate surface area is 226 Å². The molecule has 1 fully saturated rings. The fourth-order valence-electron chi connectivity index (χ4n) is 3.57. The number of hydrogen-bond acceptors (Lipinski definition) is 13. The van der Waals surface area contributed by atoms with Crippen LogP contribution < -0.4 is 5.32 Å². The van der Waals surface area contributed by atoms with Crippen molar-refractivity contribution in [3.05, 3.63) is 10.4 Å². The summed E-state index contributed by atoms with van der Waals surface area (Å²) in [5, 5.41) is 6.05. The molecule has 0 aromatic rings. The fraction of sp³-hybridized carbons (Fsp3) is 0.826. The molecule has 0 aliphatic carbocycles. The van der Waals surface area contributed by atoms with Gasteiger partial charge in [-0.3, -0.25) is 19.2 Å². The van der Waals surface area contributed by atoms with Crippen LogP contribution in [-0.2, 0) is 57.1 Å². The number of azide groups is 1. The second-order valence-electron chi connectivity index (χ2n) is 8.25. The summed E-state index contributed by atoms with van der Waals surface area (Å²) >= 11 is 0. The predicted octanol–water partition coefficient (Wildman–Crippen LogP) is 0.0617. The first kappa shape index (κ1) is 34.0. The van der Waals surface area contributed by atoms with Gasteiger partial charge in [0, 0.05) is 39.2 Å². The summed E-state index contributed by atoms with van der Waals surface area (Å²) in [6.45, 7) is 6.58. The van der Waals surface area contributed by atoms with Crippen LogP contribution in [0.2, 0.25) is 0 Å². The van der Waals surface area contributed by atoms with Gasteiger partial charge in [-0.15, -0.1) is 0 Å². The van der Waals surface area contributed by atoms with Crippen LogP contribution in [0.25, 0.3) is 10.4 Å². The highest BCUT2D eigenvalue weighted by Gasteiger charge is 2.48. The first-order valence-corrected chi connectivity index (χ1v) is 12.4. The summed E-state index contributed by atoms with van der Waals surface area (Å²) < 4.78 is 43.8. The Bertz CT molecular complexity index is 823. The molecule has 16 nitrogen and oxygen atoms in total. The highest BCUT2D eigenvalue weighted by molar-refractivity contribution is 5.73. The summed E-state index contributed by atoms with van der Waals surface area (Å²) in [5.41, 5.74) is 8.17. The smallest absolute Gasteiger partial charge is 0.303 e. The van der Waals surface area contributed by atoms with E-state index in [9.17, 15) is 19.2 Å². The number of hydrogen-bond donors (Lipinski definition) is 1. The lowest BCUT2D eigenvalue weighted by atomic mass is 9.97. The third-order valence-corrected chi connectivity index (χ3v) is 5.05. The SMILES string of the molecule is CC(=O)N[C@H]1[C@@H](OC(C)=O)[C@@H](OC(C)=O)[C@@H](COC(C)=O)OC[C@@H]1OCCOCCOCCOCCN=[N+]=[N-]. The third-order valence-electron chi connectivity index (χ3n) is 5.05. The van der Waals surface area contributed by atoms with Crippen molar-refractivity contribution in [3.63, 3.8) is 0 Å². The van der Waals surface area contributed by atoms with Crippen LogP contribution in [0.15, 0.2) is 5.11 Å². The van der Waals surface area contributed by atoms with Crippen molar-refractivity contribution in [1.29, 1.82) is 0 Å². The fourth-order valence-corrected chi connectivity index (χ4v) is 3.57. The molecule has 1 aliphatic heterocycles. The maximum Gasteiger partial charge on any atom is 0.303 e. The van der Waals surface area contributed by atoms with E-state index >= 15 is 0 Å². The average molecular weight is 563 g/mol. The van der Waals surface area contributed by atoms with Gasteiger partial charge in [0.05, 0.1) is 58.9 Å². The van der Waals surface area contributed by atoms with Crippen molar-refractivity contribution in [1.82, 2.24) is 5.32 Å². The second kappa shape index (κ2) is 20.0. The minimum Gasteiger partial charge on any atom is -0.463 e. The summed E-state index contributed by atoms with van der Waals surface area (Å²) in [6.07, 6.45) is -4.23. The molecule has 1 aliphatic rings. The Morgan fingerprint density at radius 2 is 1.41 bits per heavy atom. The molecule has 0 spiro atoms. The third kappa shape index (κ3) is 15.2. The van der Waals surface area contributed by atoms with Crippen molar-refractivity contribution in [2.24, 2.45) is 5.11 Å². The normalized spacial score (nSPS) is 22.6. The van der Waals surface area contributed by atoms with Gasteiger partial charge in [-0.2, -0.15) is 0 Å². The lowest BCUT2D eigenvalue weighted by molar-refractivity contribution is -0.182. The topological polar surface area (TPSA) is 203 Å². The van der Waals surface area contributed by atoms with Crippen LogP contribution in [0.3, 0.4) is 0 Å². The van der Waals surface area contributed by atoms with Gasteiger partial charge in [-0.05, 0) is 5.53 Å². The van der Waals surface area contributed by atoms with E-state index in [-0.39, 0.29) is 39.6 Å². The molecule has 0 unspecified atom stereocenters. The van der Waals surface area contributed by atoms with Crippen LogP contribution in [0.4, 0.5) is 0 Å². The Morgan fingerprint density at radius 3 is 1.95 bits per heavy atom. The number of nitrogens with one attached hydrogen (secondary N) is 1. The van der Waals surface area contributed by atoms with Crippen molar-refractivity contribution in [3.8, 4) is 0 Å². The minimum atomic E-state index is -1.20. The van der Waals surface area contributed by atoms with Crippen LogP contribution in [0.1, 0.15) is 27.7 Å². The number of carbonyl (C=O) groups is 4. The molecule has 1 saturated heterocycles. The first-order chi connectivity index (χ1) is 18.6. The molecule has 0 radical (unpaired) electrons. The summed E-state index contributed by atoms with van der Waals surface area (Å²) in [7, 11) is 0. The number of nitrogens with zero attached hydrogens (tertiary/aromatic N) is 3. The molecule has 0 aromatic heterocycles. The van der Waals surface area contributed by atoms with Gasteiger partial charge in [0.15, 0.2) is 12.2 Å². The molecule has 1 N–H and O–H groups in total. The number of amides is 1.